The minimum atomic E-state index is -4.80. The standard InChI is InChI=1S/C25H25F4N9O3/c26-16-12-15(41-13-19(39)25(27,28)29)3-4-17(16)36-8-5-35(6-9-36)7-10-37-14-31-20-22(37)33-24(30)38-23(20)32-21(34-38)18-2-1-11-40-18/h1-4,11-12,14,19,39H,5-10,13H2,(H2,30,33). The molecular weight excluding hydrogens is 550 g/mol. The van der Waals surface area contributed by atoms with Gasteiger partial charge in [0.05, 0.1) is 18.3 Å². The first-order chi connectivity index (χ1) is 19.7. The molecule has 41 heavy (non-hydrogen) atoms. The molecule has 16 heteroatoms. The second-order valence-electron chi connectivity index (χ2n) is 9.54. The number of anilines is 2. The second-order valence-corrected chi connectivity index (χ2v) is 9.54. The van der Waals surface area contributed by atoms with E-state index in [1.165, 1.54) is 22.9 Å². The van der Waals surface area contributed by atoms with E-state index in [1.807, 2.05) is 9.47 Å². The highest BCUT2D eigenvalue weighted by molar-refractivity contribution is 5.87. The van der Waals surface area contributed by atoms with Crippen LogP contribution in [0.25, 0.3) is 28.4 Å². The molecule has 12 nitrogen and oxygen atoms in total. The molecular formula is C25H25F4N9O3. The van der Waals surface area contributed by atoms with Crippen LogP contribution < -0.4 is 15.4 Å². The largest absolute Gasteiger partial charge is 0.490 e. The smallest absolute Gasteiger partial charge is 0.417 e. The van der Waals surface area contributed by atoms with E-state index in [4.69, 9.17) is 20.0 Å². The van der Waals surface area contributed by atoms with Gasteiger partial charge in [-0.05, 0) is 24.3 Å². The number of ether oxygens (including phenoxy) is 1. The van der Waals surface area contributed by atoms with Crippen molar-refractivity contribution >= 4 is 28.4 Å². The first-order valence-corrected chi connectivity index (χ1v) is 12.7. The fourth-order valence-corrected chi connectivity index (χ4v) is 4.67. The maximum Gasteiger partial charge on any atom is 0.417 e. The molecule has 6 rings (SSSR count). The van der Waals surface area contributed by atoms with Gasteiger partial charge in [0.25, 0.3) is 0 Å². The normalized spacial score (nSPS) is 15.7. The molecule has 0 aliphatic carbocycles. The predicted molar refractivity (Wildman–Crippen MR) is 139 cm³/mol. The van der Waals surface area contributed by atoms with Gasteiger partial charge in [0.2, 0.25) is 11.8 Å². The van der Waals surface area contributed by atoms with Crippen LogP contribution in [0.3, 0.4) is 0 Å². The number of aliphatic hydroxyl groups is 1. The van der Waals surface area contributed by atoms with E-state index in [9.17, 15) is 17.6 Å². The number of fused-ring (bicyclic) bond motifs is 3. The summed E-state index contributed by atoms with van der Waals surface area (Å²) in [7, 11) is 0. The number of piperazine rings is 1. The summed E-state index contributed by atoms with van der Waals surface area (Å²) >= 11 is 0. The molecule has 1 aromatic carbocycles. The van der Waals surface area contributed by atoms with Crippen molar-refractivity contribution in [3.8, 4) is 17.3 Å². The number of nitrogen functional groups attached to an aromatic ring is 1. The molecule has 5 aromatic rings. The quantitative estimate of drug-likeness (QED) is 0.266. The minimum Gasteiger partial charge on any atom is -0.490 e. The number of alkyl halides is 3. The highest BCUT2D eigenvalue weighted by atomic mass is 19.4. The number of hydrogen-bond acceptors (Lipinski definition) is 10. The van der Waals surface area contributed by atoms with Gasteiger partial charge in [-0.15, -0.1) is 5.10 Å². The van der Waals surface area contributed by atoms with Crippen LogP contribution in [0.4, 0.5) is 29.2 Å². The lowest BCUT2D eigenvalue weighted by molar-refractivity contribution is -0.210. The van der Waals surface area contributed by atoms with Gasteiger partial charge < -0.3 is 29.5 Å². The zero-order valence-electron chi connectivity index (χ0n) is 21.5. The number of hydrogen-bond donors (Lipinski definition) is 2. The Morgan fingerprint density at radius 3 is 2.59 bits per heavy atom. The van der Waals surface area contributed by atoms with E-state index in [-0.39, 0.29) is 11.7 Å². The van der Waals surface area contributed by atoms with Crippen LogP contribution in [-0.4, -0.2) is 90.8 Å². The molecule has 0 saturated carbocycles. The third kappa shape index (κ3) is 5.35. The summed E-state index contributed by atoms with van der Waals surface area (Å²) in [5, 5.41) is 13.4. The molecule has 0 radical (unpaired) electrons. The monoisotopic (exact) mass is 575 g/mol. The fraction of sp³-hybridized carbons (Fsp3) is 0.360. The number of halogens is 4. The van der Waals surface area contributed by atoms with Crippen molar-refractivity contribution < 1.29 is 31.8 Å². The van der Waals surface area contributed by atoms with E-state index in [1.54, 1.807) is 18.5 Å². The van der Waals surface area contributed by atoms with Gasteiger partial charge in [0, 0.05) is 45.3 Å². The van der Waals surface area contributed by atoms with Gasteiger partial charge in [-0.1, -0.05) is 0 Å². The lowest BCUT2D eigenvalue weighted by atomic mass is 10.2. The average molecular weight is 576 g/mol. The molecule has 5 heterocycles. The maximum absolute atomic E-state index is 14.7. The number of aliphatic hydroxyl groups excluding tert-OH is 1. The number of furan rings is 1. The van der Waals surface area contributed by atoms with Crippen molar-refractivity contribution in [1.82, 2.24) is 34.0 Å². The highest BCUT2D eigenvalue weighted by Gasteiger charge is 2.38. The van der Waals surface area contributed by atoms with Gasteiger partial charge >= 0.3 is 6.18 Å². The Hall–Kier alpha value is -4.44. The van der Waals surface area contributed by atoms with Crippen molar-refractivity contribution in [2.45, 2.75) is 18.8 Å². The summed E-state index contributed by atoms with van der Waals surface area (Å²) < 4.78 is 65.7. The topological polar surface area (TPSA) is 136 Å². The van der Waals surface area contributed by atoms with Crippen molar-refractivity contribution in [2.75, 3.05) is 50.0 Å². The summed E-state index contributed by atoms with van der Waals surface area (Å²) in [4.78, 5) is 17.6. The van der Waals surface area contributed by atoms with Crippen LogP contribution in [0, 0.1) is 5.82 Å². The summed E-state index contributed by atoms with van der Waals surface area (Å²) in [6.07, 6.45) is -4.23. The molecule has 216 valence electrons. The Morgan fingerprint density at radius 1 is 1.07 bits per heavy atom. The lowest BCUT2D eigenvalue weighted by Gasteiger charge is -2.36. The second kappa shape index (κ2) is 10.5. The minimum absolute atomic E-state index is 0.0874. The Balaban J connectivity index is 1.07. The molecule has 0 spiro atoms. The molecule has 1 aliphatic heterocycles. The molecule has 4 aromatic heterocycles. The zero-order chi connectivity index (χ0) is 28.7. The summed E-state index contributed by atoms with van der Waals surface area (Å²) in [6, 6.07) is 7.38. The van der Waals surface area contributed by atoms with E-state index < -0.39 is 24.7 Å². The van der Waals surface area contributed by atoms with E-state index >= 15 is 0 Å². The molecule has 3 N–H and O–H groups in total. The Kier molecular flexibility index (Phi) is 6.86. The van der Waals surface area contributed by atoms with E-state index in [2.05, 4.69) is 25.0 Å². The number of nitrogens with two attached hydrogens (primary N) is 1. The van der Waals surface area contributed by atoms with Gasteiger partial charge in [0.15, 0.2) is 28.7 Å². The number of aromatic nitrogens is 6. The van der Waals surface area contributed by atoms with Crippen molar-refractivity contribution in [2.24, 2.45) is 0 Å². The Morgan fingerprint density at radius 2 is 1.88 bits per heavy atom. The molecule has 0 bridgehead atoms. The van der Waals surface area contributed by atoms with E-state index in [0.717, 1.165) is 6.07 Å². The lowest BCUT2D eigenvalue weighted by Crippen LogP contribution is -2.47. The first-order valence-electron chi connectivity index (χ1n) is 12.7. The molecule has 1 atom stereocenters. The first kappa shape index (κ1) is 26.8. The van der Waals surface area contributed by atoms with Crippen LogP contribution in [-0.2, 0) is 6.54 Å². The predicted octanol–water partition coefficient (Wildman–Crippen LogP) is 2.58. The van der Waals surface area contributed by atoms with Gasteiger partial charge in [-0.25, -0.2) is 14.4 Å². The summed E-state index contributed by atoms with van der Waals surface area (Å²) in [5.41, 5.74) is 8.11. The van der Waals surface area contributed by atoms with Crippen molar-refractivity contribution in [1.29, 1.82) is 0 Å². The molecule has 1 saturated heterocycles. The van der Waals surface area contributed by atoms with Gasteiger partial charge in [0.1, 0.15) is 18.2 Å². The third-order valence-corrected chi connectivity index (χ3v) is 6.88. The van der Waals surface area contributed by atoms with Crippen molar-refractivity contribution in [3.63, 3.8) is 0 Å². The average Bonchev–Trinajstić information content (AvgIpc) is 3.70. The highest BCUT2D eigenvalue weighted by Crippen LogP contribution is 2.27. The third-order valence-electron chi connectivity index (χ3n) is 6.88. The zero-order valence-corrected chi connectivity index (χ0v) is 21.5. The SMILES string of the molecule is Nc1nc2c(ncn2CCN2CCN(c3ccc(OCC(O)C(F)(F)F)cc3F)CC2)c2nc(-c3ccco3)nn12. The fourth-order valence-electron chi connectivity index (χ4n) is 4.67. The van der Waals surface area contributed by atoms with E-state index in [0.29, 0.717) is 73.4 Å². The molecule has 1 unspecified atom stereocenters. The maximum atomic E-state index is 14.7. The number of benzene rings is 1. The van der Waals surface area contributed by atoms with Crippen LogP contribution >= 0.6 is 0 Å². The summed E-state index contributed by atoms with van der Waals surface area (Å²) in [6.45, 7) is 2.70. The Labute approximate surface area is 229 Å². The number of imidazole rings is 1. The summed E-state index contributed by atoms with van der Waals surface area (Å²) in [5.74, 6) is 0.353. The number of rotatable bonds is 8. The van der Waals surface area contributed by atoms with Crippen LogP contribution in [0.2, 0.25) is 0 Å². The van der Waals surface area contributed by atoms with Crippen molar-refractivity contribution in [3.05, 3.63) is 48.7 Å². The molecule has 1 fully saturated rings. The Bertz CT molecular complexity index is 1660. The molecule has 1 aliphatic rings. The van der Waals surface area contributed by atoms with Crippen LogP contribution in [0.5, 0.6) is 5.75 Å². The van der Waals surface area contributed by atoms with Gasteiger partial charge in [-0.3, -0.25) is 4.90 Å². The van der Waals surface area contributed by atoms with Gasteiger partial charge in [-0.2, -0.15) is 22.7 Å². The van der Waals surface area contributed by atoms with Crippen LogP contribution in [0.15, 0.2) is 47.3 Å². The number of nitrogens with zero attached hydrogens (tertiary/aromatic N) is 8. The van der Waals surface area contributed by atoms with Crippen LogP contribution in [0.1, 0.15) is 0 Å². The molecule has 0 amide bonds.